The molecule has 158 valence electrons. The fourth-order valence-electron chi connectivity index (χ4n) is 3.57. The van der Waals surface area contributed by atoms with Crippen LogP contribution in [0, 0.1) is 6.92 Å². The molecule has 0 aliphatic rings. The Morgan fingerprint density at radius 3 is 2.33 bits per heavy atom. The first-order valence-electron chi connectivity index (χ1n) is 10.4. The molecule has 6 heteroatoms. The highest BCUT2D eigenvalue weighted by atomic mass is 32.2. The van der Waals surface area contributed by atoms with E-state index in [1.54, 1.807) is 0 Å². The molecule has 0 amide bonds. The molecule has 1 aromatic heterocycles. The van der Waals surface area contributed by atoms with Gasteiger partial charge in [-0.3, -0.25) is 9.36 Å². The molecule has 3 aromatic rings. The third kappa shape index (κ3) is 5.18. The summed E-state index contributed by atoms with van der Waals surface area (Å²) in [5.74, 6) is 1.08. The number of aromatic nitrogens is 3. The number of nitrogens with zero attached hydrogens (tertiary/aromatic N) is 3. The van der Waals surface area contributed by atoms with Gasteiger partial charge in [-0.05, 0) is 19.4 Å². The van der Waals surface area contributed by atoms with Crippen LogP contribution in [0.5, 0.6) is 0 Å². The summed E-state index contributed by atoms with van der Waals surface area (Å²) >= 11 is 1.49. The zero-order valence-electron chi connectivity index (χ0n) is 18.4. The number of Topliss-reactive ketones (excluding diaryl/α,β-unsaturated/α-hetero) is 1. The standard InChI is InChI=1S/C24H30N4OS/c1-6-21(27(4)5)23-25-26-24(28(23)16-19-10-8-7-9-11-19)30-18(3)22(29)20-14-12-17(2)13-15-20/h7-15,18,21H,6,16H2,1-5H3/p+1/t18-,21+/m1/s1. The Bertz CT molecular complexity index is 967. The van der Waals surface area contributed by atoms with E-state index in [2.05, 4.69) is 47.9 Å². The number of carbonyl (C=O) groups is 1. The molecular formula is C24H31N4OS+. The average Bonchev–Trinajstić information content (AvgIpc) is 3.11. The summed E-state index contributed by atoms with van der Waals surface area (Å²) in [4.78, 5) is 14.3. The van der Waals surface area contributed by atoms with Gasteiger partial charge in [-0.2, -0.15) is 0 Å². The Kier molecular flexibility index (Phi) is 7.45. The van der Waals surface area contributed by atoms with Crippen LogP contribution in [0.4, 0.5) is 0 Å². The number of quaternary nitrogens is 1. The Morgan fingerprint density at radius 1 is 1.07 bits per heavy atom. The Morgan fingerprint density at radius 2 is 1.73 bits per heavy atom. The van der Waals surface area contributed by atoms with E-state index in [4.69, 9.17) is 0 Å². The van der Waals surface area contributed by atoms with Gasteiger partial charge >= 0.3 is 0 Å². The zero-order chi connectivity index (χ0) is 21.7. The average molecular weight is 424 g/mol. The Balaban J connectivity index is 1.90. The summed E-state index contributed by atoms with van der Waals surface area (Å²) in [5, 5.41) is 9.61. The van der Waals surface area contributed by atoms with Crippen molar-refractivity contribution in [3.63, 3.8) is 0 Å². The molecule has 0 aliphatic carbocycles. The second-order valence-electron chi connectivity index (χ2n) is 7.94. The summed E-state index contributed by atoms with van der Waals surface area (Å²) in [6.07, 6.45) is 0.970. The molecule has 2 atom stereocenters. The van der Waals surface area contributed by atoms with Crippen molar-refractivity contribution in [2.24, 2.45) is 0 Å². The number of benzene rings is 2. The van der Waals surface area contributed by atoms with Crippen LogP contribution in [0.15, 0.2) is 59.8 Å². The van der Waals surface area contributed by atoms with Crippen molar-refractivity contribution < 1.29 is 9.69 Å². The lowest BCUT2D eigenvalue weighted by Crippen LogP contribution is -3.06. The second-order valence-corrected chi connectivity index (χ2v) is 9.25. The summed E-state index contributed by atoms with van der Waals surface area (Å²) in [5.41, 5.74) is 3.08. The van der Waals surface area contributed by atoms with Crippen LogP contribution in [0.3, 0.4) is 0 Å². The van der Waals surface area contributed by atoms with Crippen molar-refractivity contribution in [3.8, 4) is 0 Å². The smallest absolute Gasteiger partial charge is 0.192 e. The summed E-state index contributed by atoms with van der Waals surface area (Å²) in [7, 11) is 4.29. The van der Waals surface area contributed by atoms with Gasteiger partial charge in [0.15, 0.2) is 16.8 Å². The first-order chi connectivity index (χ1) is 14.4. The molecule has 0 radical (unpaired) electrons. The van der Waals surface area contributed by atoms with E-state index in [9.17, 15) is 4.79 Å². The van der Waals surface area contributed by atoms with Crippen molar-refractivity contribution in [2.75, 3.05) is 14.1 Å². The van der Waals surface area contributed by atoms with E-state index in [0.29, 0.717) is 6.54 Å². The van der Waals surface area contributed by atoms with Crippen molar-refractivity contribution >= 4 is 17.5 Å². The monoisotopic (exact) mass is 423 g/mol. The molecule has 5 nitrogen and oxygen atoms in total. The molecule has 0 unspecified atom stereocenters. The van der Waals surface area contributed by atoms with E-state index in [0.717, 1.165) is 28.5 Å². The molecule has 0 aliphatic heterocycles. The first kappa shape index (κ1) is 22.2. The van der Waals surface area contributed by atoms with E-state index in [-0.39, 0.29) is 17.1 Å². The largest absolute Gasteiger partial charge is 0.331 e. The van der Waals surface area contributed by atoms with Crippen molar-refractivity contribution in [3.05, 3.63) is 77.1 Å². The fourth-order valence-corrected chi connectivity index (χ4v) is 4.51. The minimum atomic E-state index is -0.244. The van der Waals surface area contributed by atoms with E-state index in [1.807, 2.05) is 56.3 Å². The van der Waals surface area contributed by atoms with Gasteiger partial charge in [-0.25, -0.2) is 0 Å². The molecule has 0 spiro atoms. The van der Waals surface area contributed by atoms with Crippen LogP contribution in [-0.2, 0) is 6.54 Å². The van der Waals surface area contributed by atoms with Crippen LogP contribution in [0.1, 0.15) is 53.6 Å². The lowest BCUT2D eigenvalue weighted by molar-refractivity contribution is -0.893. The van der Waals surface area contributed by atoms with Gasteiger partial charge in [0, 0.05) is 12.0 Å². The van der Waals surface area contributed by atoms with E-state index in [1.165, 1.54) is 22.2 Å². The number of hydrogen-bond acceptors (Lipinski definition) is 4. The Labute approximate surface area is 183 Å². The molecule has 1 N–H and O–H groups in total. The van der Waals surface area contributed by atoms with Gasteiger partial charge in [0.25, 0.3) is 0 Å². The minimum absolute atomic E-state index is 0.112. The summed E-state index contributed by atoms with van der Waals surface area (Å²) in [6.45, 7) is 6.84. The highest BCUT2D eigenvalue weighted by Gasteiger charge is 2.27. The van der Waals surface area contributed by atoms with Gasteiger partial charge in [0.2, 0.25) is 0 Å². The van der Waals surface area contributed by atoms with Crippen molar-refractivity contribution in [1.29, 1.82) is 0 Å². The lowest BCUT2D eigenvalue weighted by Gasteiger charge is -2.21. The summed E-state index contributed by atoms with van der Waals surface area (Å²) < 4.78 is 2.18. The topological polar surface area (TPSA) is 52.2 Å². The number of ketones is 1. The predicted octanol–water partition coefficient (Wildman–Crippen LogP) is 3.59. The van der Waals surface area contributed by atoms with Gasteiger partial charge < -0.3 is 4.90 Å². The molecule has 1 heterocycles. The highest BCUT2D eigenvalue weighted by molar-refractivity contribution is 8.00. The maximum Gasteiger partial charge on any atom is 0.192 e. The number of hydrogen-bond donors (Lipinski definition) is 1. The molecule has 3 rings (SSSR count). The number of carbonyl (C=O) groups excluding carboxylic acids is 1. The first-order valence-corrected chi connectivity index (χ1v) is 11.3. The van der Waals surface area contributed by atoms with Crippen LogP contribution in [0.2, 0.25) is 0 Å². The third-order valence-electron chi connectivity index (χ3n) is 5.33. The maximum absolute atomic E-state index is 13.0. The van der Waals surface area contributed by atoms with E-state index < -0.39 is 0 Å². The summed E-state index contributed by atoms with van der Waals surface area (Å²) in [6, 6.07) is 18.3. The number of rotatable bonds is 9. The van der Waals surface area contributed by atoms with Gasteiger partial charge in [-0.1, -0.05) is 78.8 Å². The maximum atomic E-state index is 13.0. The quantitative estimate of drug-likeness (QED) is 0.422. The number of thioether (sulfide) groups is 1. The molecule has 0 bridgehead atoms. The third-order valence-corrected chi connectivity index (χ3v) is 6.41. The Hall–Kier alpha value is -2.44. The SMILES string of the molecule is CC[C@@H](c1nnc(S[C@H](C)C(=O)c2ccc(C)cc2)n1Cc1ccccc1)[NH+](C)C. The molecule has 0 saturated carbocycles. The van der Waals surface area contributed by atoms with Crippen molar-refractivity contribution in [2.45, 2.75) is 50.2 Å². The molecule has 2 aromatic carbocycles. The van der Waals surface area contributed by atoms with Crippen LogP contribution in [0.25, 0.3) is 0 Å². The second kappa shape index (κ2) is 10.0. The molecule has 30 heavy (non-hydrogen) atoms. The van der Waals surface area contributed by atoms with E-state index >= 15 is 0 Å². The lowest BCUT2D eigenvalue weighted by atomic mass is 10.1. The molecule has 0 saturated heterocycles. The van der Waals surface area contributed by atoms with Crippen LogP contribution >= 0.6 is 11.8 Å². The minimum Gasteiger partial charge on any atom is -0.331 e. The highest BCUT2D eigenvalue weighted by Crippen LogP contribution is 2.27. The number of aryl methyl sites for hydroxylation is 1. The zero-order valence-corrected chi connectivity index (χ0v) is 19.2. The molecule has 0 fully saturated rings. The van der Waals surface area contributed by atoms with Gasteiger partial charge in [-0.15, -0.1) is 10.2 Å². The fraction of sp³-hybridized carbons (Fsp3) is 0.375. The normalized spacial score (nSPS) is 13.4. The predicted molar refractivity (Wildman–Crippen MR) is 122 cm³/mol. The van der Waals surface area contributed by atoms with Gasteiger partial charge in [0.1, 0.15) is 6.04 Å². The van der Waals surface area contributed by atoms with Crippen LogP contribution in [-0.4, -0.2) is 39.9 Å². The van der Waals surface area contributed by atoms with Gasteiger partial charge in [0.05, 0.1) is 25.9 Å². The van der Waals surface area contributed by atoms with Crippen LogP contribution < -0.4 is 4.90 Å². The number of nitrogens with one attached hydrogen (secondary N) is 1. The molecular weight excluding hydrogens is 392 g/mol. The van der Waals surface area contributed by atoms with Crippen molar-refractivity contribution in [1.82, 2.24) is 14.8 Å².